The molecule has 0 bridgehead atoms. The summed E-state index contributed by atoms with van der Waals surface area (Å²) in [5.41, 5.74) is 2.55. The Morgan fingerprint density at radius 1 is 0.892 bits per heavy atom. The number of nitrogens with zero attached hydrogens (tertiary/aromatic N) is 2. The van der Waals surface area contributed by atoms with Gasteiger partial charge in [-0.05, 0) is 0 Å². The second kappa shape index (κ2) is 10.7. The number of aryl methyl sites for hydroxylation is 2. The van der Waals surface area contributed by atoms with E-state index in [4.69, 9.17) is 18.9 Å². The minimum absolute atomic E-state index is 0.179. The Bertz CT molecular complexity index is 1200. The van der Waals surface area contributed by atoms with E-state index < -0.39 is 41.9 Å². The molecule has 37 heavy (non-hydrogen) atoms. The van der Waals surface area contributed by atoms with Crippen LogP contribution in [0.5, 0.6) is 0 Å². The molecule has 9 nitrogen and oxygen atoms in total. The maximum absolute atomic E-state index is 12.4. The van der Waals surface area contributed by atoms with Crippen LogP contribution in [0, 0.1) is 13.8 Å². The van der Waals surface area contributed by atoms with Gasteiger partial charge in [-0.2, -0.15) is 0 Å². The van der Waals surface area contributed by atoms with E-state index in [1.807, 2.05) is 72.2 Å². The second-order valence-electron chi connectivity index (χ2n) is 9.28. The van der Waals surface area contributed by atoms with Crippen LogP contribution in [0.4, 0.5) is 11.4 Å². The molecule has 0 saturated carbocycles. The second-order valence-corrected chi connectivity index (χ2v) is 10.0. The van der Waals surface area contributed by atoms with E-state index in [0.717, 1.165) is 22.5 Å². The molecule has 4 rings (SSSR count). The third-order valence-corrected chi connectivity index (χ3v) is 7.18. The standard InChI is InChI=1S/C27H30N2O7Se/c1-16-6-10-21(11-7-16)28-15-27(29(26(28)37)22-12-8-17(2)9-13-22)25(35-20(5)32)24(34-19(4)31)23(36-27)14-33-18(3)30/h6-13,23-25H,14-15H2,1-5H3/t23-,24-,25+,27?/m1/s1. The summed E-state index contributed by atoms with van der Waals surface area (Å²) < 4.78 is 24.1. The molecule has 10 heteroatoms. The van der Waals surface area contributed by atoms with Crippen LogP contribution in [0.3, 0.4) is 0 Å². The fourth-order valence-electron chi connectivity index (χ4n) is 4.75. The van der Waals surface area contributed by atoms with Crippen LogP contribution in [-0.4, -0.2) is 75.3 Å². The fourth-order valence-corrected chi connectivity index (χ4v) is 5.65. The quantitative estimate of drug-likeness (QED) is 0.294. The molecule has 4 atom stereocenters. The van der Waals surface area contributed by atoms with Crippen LogP contribution in [0.15, 0.2) is 48.5 Å². The topological polar surface area (TPSA) is 94.6 Å². The Morgan fingerprint density at radius 2 is 1.43 bits per heavy atom. The first kappa shape index (κ1) is 26.9. The number of carbonyl (C=O) groups is 3. The van der Waals surface area contributed by atoms with Crippen LogP contribution in [-0.2, 0) is 33.3 Å². The van der Waals surface area contributed by atoms with Gasteiger partial charge in [0.15, 0.2) is 0 Å². The number of hydrogen-bond donors (Lipinski definition) is 0. The first-order valence-corrected chi connectivity index (χ1v) is 12.8. The first-order chi connectivity index (χ1) is 17.5. The van der Waals surface area contributed by atoms with Crippen molar-refractivity contribution in [3.8, 4) is 0 Å². The summed E-state index contributed by atoms with van der Waals surface area (Å²) in [6.07, 6.45) is -2.93. The number of anilines is 2. The van der Waals surface area contributed by atoms with Gasteiger partial charge in [0.25, 0.3) is 0 Å². The molecule has 2 aromatic carbocycles. The summed E-state index contributed by atoms with van der Waals surface area (Å²) in [7, 11) is 0. The molecule has 2 aliphatic heterocycles. The number of carbonyl (C=O) groups excluding carboxylic acids is 3. The number of rotatable bonds is 6. The molecule has 0 radical (unpaired) electrons. The van der Waals surface area contributed by atoms with Gasteiger partial charge in [-0.15, -0.1) is 0 Å². The van der Waals surface area contributed by atoms with Crippen LogP contribution in [0.1, 0.15) is 31.9 Å². The fraction of sp³-hybridized carbons (Fsp3) is 0.407. The molecular weight excluding hydrogens is 543 g/mol. The van der Waals surface area contributed by atoms with E-state index in [0.29, 0.717) is 4.67 Å². The first-order valence-electron chi connectivity index (χ1n) is 11.9. The third-order valence-electron chi connectivity index (χ3n) is 6.33. The van der Waals surface area contributed by atoms with E-state index in [1.165, 1.54) is 20.8 Å². The van der Waals surface area contributed by atoms with Gasteiger partial charge < -0.3 is 0 Å². The van der Waals surface area contributed by atoms with Crippen molar-refractivity contribution in [2.75, 3.05) is 23.0 Å². The van der Waals surface area contributed by atoms with Crippen molar-refractivity contribution in [1.29, 1.82) is 0 Å². The van der Waals surface area contributed by atoms with Crippen LogP contribution in [0.2, 0.25) is 0 Å². The summed E-state index contributed by atoms with van der Waals surface area (Å²) in [4.78, 5) is 40.1. The Labute approximate surface area is 224 Å². The van der Waals surface area contributed by atoms with Crippen molar-refractivity contribution in [3.05, 3.63) is 59.7 Å². The minimum atomic E-state index is -1.31. The monoisotopic (exact) mass is 574 g/mol. The van der Waals surface area contributed by atoms with E-state index in [9.17, 15) is 14.4 Å². The van der Waals surface area contributed by atoms with Crippen molar-refractivity contribution in [3.63, 3.8) is 0 Å². The van der Waals surface area contributed by atoms with Gasteiger partial charge >= 0.3 is 224 Å². The number of esters is 3. The molecule has 1 unspecified atom stereocenters. The SMILES string of the molecule is CC(=O)OC[C@H]1OC2(CN(c3ccc(C)cc3)C(=[Se])N2c2ccc(C)cc2)[C@@H](OC(C)=O)[C@@H]1OC(C)=O. The van der Waals surface area contributed by atoms with Crippen molar-refractivity contribution in [2.24, 2.45) is 0 Å². The molecule has 1 spiro atoms. The molecule has 2 saturated heterocycles. The van der Waals surface area contributed by atoms with Crippen molar-refractivity contribution >= 4 is 49.5 Å². The van der Waals surface area contributed by atoms with E-state index in [-0.39, 0.29) is 13.2 Å². The summed E-state index contributed by atoms with van der Waals surface area (Å²) in [6.45, 7) is 7.91. The number of ether oxygens (including phenoxy) is 4. The van der Waals surface area contributed by atoms with E-state index in [2.05, 4.69) is 15.6 Å². The molecule has 196 valence electrons. The summed E-state index contributed by atoms with van der Waals surface area (Å²) in [5.74, 6) is -1.63. The molecule has 2 aliphatic rings. The number of benzene rings is 2. The van der Waals surface area contributed by atoms with Gasteiger partial charge in [0.2, 0.25) is 0 Å². The maximum atomic E-state index is 12.4. The Hall–Kier alpha value is -3.20. The molecule has 0 aliphatic carbocycles. The van der Waals surface area contributed by atoms with Gasteiger partial charge in [0, 0.05) is 0 Å². The molecule has 2 heterocycles. The van der Waals surface area contributed by atoms with E-state index in [1.54, 1.807) is 0 Å². The molecule has 0 aromatic heterocycles. The van der Waals surface area contributed by atoms with Crippen LogP contribution in [0.25, 0.3) is 0 Å². The predicted molar refractivity (Wildman–Crippen MR) is 138 cm³/mol. The molecule has 2 aromatic rings. The van der Waals surface area contributed by atoms with Gasteiger partial charge in [-0.1, -0.05) is 0 Å². The zero-order valence-electron chi connectivity index (χ0n) is 21.4. The van der Waals surface area contributed by atoms with Crippen LogP contribution < -0.4 is 9.80 Å². The van der Waals surface area contributed by atoms with E-state index >= 15 is 0 Å². The normalized spacial score (nSPS) is 24.9. The zero-order chi connectivity index (χ0) is 26.9. The average Bonchev–Trinajstić information content (AvgIpc) is 3.27. The Balaban J connectivity index is 1.87. The Kier molecular flexibility index (Phi) is 7.73. The Morgan fingerprint density at radius 3 is 1.95 bits per heavy atom. The van der Waals surface area contributed by atoms with Gasteiger partial charge in [0.05, 0.1) is 0 Å². The van der Waals surface area contributed by atoms with Crippen molar-refractivity contribution < 1.29 is 33.3 Å². The summed E-state index contributed by atoms with van der Waals surface area (Å²) in [6, 6.07) is 15.8. The molecular formula is C27H30N2O7Se. The predicted octanol–water partition coefficient (Wildman–Crippen LogP) is 2.41. The molecule has 0 N–H and O–H groups in total. The molecule has 0 amide bonds. The molecule has 2 fully saturated rings. The van der Waals surface area contributed by atoms with Crippen molar-refractivity contribution in [1.82, 2.24) is 0 Å². The zero-order valence-corrected chi connectivity index (χ0v) is 23.1. The van der Waals surface area contributed by atoms with Gasteiger partial charge in [0.1, 0.15) is 0 Å². The van der Waals surface area contributed by atoms with Crippen molar-refractivity contribution in [2.45, 2.75) is 58.7 Å². The van der Waals surface area contributed by atoms with Gasteiger partial charge in [-0.25, -0.2) is 0 Å². The van der Waals surface area contributed by atoms with Gasteiger partial charge in [-0.3, -0.25) is 0 Å². The average molecular weight is 574 g/mol. The summed E-state index contributed by atoms with van der Waals surface area (Å²) in [5, 5.41) is 0. The third kappa shape index (κ3) is 5.42. The summed E-state index contributed by atoms with van der Waals surface area (Å²) >= 11 is 3.17. The van der Waals surface area contributed by atoms with Crippen LogP contribution >= 0.6 is 0 Å². The number of hydrogen-bond acceptors (Lipinski definition) is 9.